The number of hydrogen-bond donors (Lipinski definition) is 0. The molecule has 1 spiro atoms. The van der Waals surface area contributed by atoms with Gasteiger partial charge in [0.2, 0.25) is 5.13 Å². The van der Waals surface area contributed by atoms with E-state index in [0.29, 0.717) is 37.8 Å². The first-order valence-corrected chi connectivity index (χ1v) is 8.68. The molecular formula is C16H17F2N3O2S. The Kier molecular flexibility index (Phi) is 4.19. The lowest BCUT2D eigenvalue weighted by atomic mass is 9.93. The second kappa shape index (κ2) is 6.34. The Balaban J connectivity index is 1.56. The lowest BCUT2D eigenvalue weighted by Gasteiger charge is -2.44. The summed E-state index contributed by atoms with van der Waals surface area (Å²) >= 11 is 1.23. The van der Waals surface area contributed by atoms with Gasteiger partial charge in [-0.1, -0.05) is 0 Å². The van der Waals surface area contributed by atoms with Gasteiger partial charge in [-0.25, -0.2) is 8.78 Å². The fourth-order valence-corrected chi connectivity index (χ4v) is 3.97. The SMILES string of the molecule is Fc1cc(F)cc(-c2nsc(N3CCCC4(COCCO4)C3)n2)c1. The highest BCUT2D eigenvalue weighted by Crippen LogP contribution is 2.33. The Morgan fingerprint density at radius 2 is 2.00 bits per heavy atom. The highest BCUT2D eigenvalue weighted by molar-refractivity contribution is 7.09. The van der Waals surface area contributed by atoms with Crippen molar-refractivity contribution in [2.75, 3.05) is 37.8 Å². The molecule has 2 aromatic rings. The minimum Gasteiger partial charge on any atom is -0.376 e. The highest BCUT2D eigenvalue weighted by Gasteiger charge is 2.39. The van der Waals surface area contributed by atoms with Gasteiger partial charge in [0.15, 0.2) is 5.82 Å². The molecule has 0 saturated carbocycles. The van der Waals surface area contributed by atoms with E-state index in [1.54, 1.807) is 0 Å². The summed E-state index contributed by atoms with van der Waals surface area (Å²) < 4.78 is 42.6. The molecule has 128 valence electrons. The van der Waals surface area contributed by atoms with E-state index in [2.05, 4.69) is 14.3 Å². The zero-order valence-corrected chi connectivity index (χ0v) is 13.8. The molecule has 1 atom stereocenters. The highest BCUT2D eigenvalue weighted by atomic mass is 32.1. The van der Waals surface area contributed by atoms with Gasteiger partial charge in [-0.2, -0.15) is 9.36 Å². The van der Waals surface area contributed by atoms with Crippen LogP contribution in [0, 0.1) is 11.6 Å². The van der Waals surface area contributed by atoms with Crippen LogP contribution in [0.4, 0.5) is 13.9 Å². The lowest BCUT2D eigenvalue weighted by Crippen LogP contribution is -2.55. The van der Waals surface area contributed by atoms with E-state index in [1.165, 1.54) is 23.7 Å². The molecule has 3 heterocycles. The smallest absolute Gasteiger partial charge is 0.205 e. The summed E-state index contributed by atoms with van der Waals surface area (Å²) in [6.07, 6.45) is 1.94. The Bertz CT molecular complexity index is 708. The molecule has 5 nitrogen and oxygen atoms in total. The van der Waals surface area contributed by atoms with Gasteiger partial charge in [0.25, 0.3) is 0 Å². The first-order valence-electron chi connectivity index (χ1n) is 7.90. The molecule has 1 unspecified atom stereocenters. The van der Waals surface area contributed by atoms with Crippen molar-refractivity contribution in [1.82, 2.24) is 9.36 Å². The van der Waals surface area contributed by atoms with Gasteiger partial charge in [0.1, 0.15) is 17.2 Å². The number of halogens is 2. The molecule has 2 saturated heterocycles. The third-order valence-electron chi connectivity index (χ3n) is 4.35. The standard InChI is InChI=1S/C16H17F2N3O2S/c17-12-6-11(7-13(18)8-12)14-19-15(24-20-14)21-3-1-2-16(9-21)10-22-4-5-23-16/h6-8H,1-5,9-10H2. The van der Waals surface area contributed by atoms with Gasteiger partial charge in [-0.15, -0.1) is 0 Å². The average molecular weight is 353 g/mol. The van der Waals surface area contributed by atoms with E-state index < -0.39 is 11.6 Å². The van der Waals surface area contributed by atoms with Crippen LogP contribution in [0.1, 0.15) is 12.8 Å². The predicted octanol–water partition coefficient (Wildman–Crippen LogP) is 2.87. The molecule has 0 bridgehead atoms. The van der Waals surface area contributed by atoms with E-state index >= 15 is 0 Å². The summed E-state index contributed by atoms with van der Waals surface area (Å²) in [6, 6.07) is 3.32. The number of nitrogens with zero attached hydrogens (tertiary/aromatic N) is 3. The molecule has 0 aliphatic carbocycles. The van der Waals surface area contributed by atoms with Crippen LogP contribution in [0.25, 0.3) is 11.4 Å². The summed E-state index contributed by atoms with van der Waals surface area (Å²) in [6.45, 7) is 3.38. The van der Waals surface area contributed by atoms with Crippen molar-refractivity contribution in [2.45, 2.75) is 18.4 Å². The fraction of sp³-hybridized carbons (Fsp3) is 0.500. The van der Waals surface area contributed by atoms with Crippen LogP contribution in [0.2, 0.25) is 0 Å². The molecule has 1 aromatic carbocycles. The normalized spacial score (nSPS) is 24.5. The van der Waals surface area contributed by atoms with E-state index in [0.717, 1.165) is 30.6 Å². The van der Waals surface area contributed by atoms with Crippen LogP contribution in [0.3, 0.4) is 0 Å². The summed E-state index contributed by atoms with van der Waals surface area (Å²) in [4.78, 5) is 6.59. The summed E-state index contributed by atoms with van der Waals surface area (Å²) in [5.41, 5.74) is 0.0618. The van der Waals surface area contributed by atoms with Crippen LogP contribution in [-0.4, -0.2) is 47.9 Å². The third kappa shape index (κ3) is 3.13. The number of rotatable bonds is 2. The molecule has 2 aliphatic heterocycles. The topological polar surface area (TPSA) is 47.5 Å². The Morgan fingerprint density at radius 1 is 1.17 bits per heavy atom. The number of benzene rings is 1. The van der Waals surface area contributed by atoms with Crippen molar-refractivity contribution in [3.63, 3.8) is 0 Å². The third-order valence-corrected chi connectivity index (χ3v) is 5.12. The van der Waals surface area contributed by atoms with E-state index in [9.17, 15) is 8.78 Å². The van der Waals surface area contributed by atoms with Crippen LogP contribution in [-0.2, 0) is 9.47 Å². The van der Waals surface area contributed by atoms with Gasteiger partial charge < -0.3 is 14.4 Å². The number of hydrogen-bond acceptors (Lipinski definition) is 6. The van der Waals surface area contributed by atoms with Gasteiger partial charge in [0, 0.05) is 29.7 Å². The number of anilines is 1. The second-order valence-electron chi connectivity index (χ2n) is 6.17. The van der Waals surface area contributed by atoms with Crippen molar-refractivity contribution in [3.8, 4) is 11.4 Å². The van der Waals surface area contributed by atoms with Crippen LogP contribution < -0.4 is 4.90 Å². The first kappa shape index (κ1) is 15.9. The van der Waals surface area contributed by atoms with Gasteiger partial charge in [-0.3, -0.25) is 0 Å². The van der Waals surface area contributed by atoms with Crippen molar-refractivity contribution in [2.24, 2.45) is 0 Å². The lowest BCUT2D eigenvalue weighted by molar-refractivity contribution is -0.160. The monoisotopic (exact) mass is 353 g/mol. The molecule has 1 aromatic heterocycles. The number of piperidine rings is 1. The maximum Gasteiger partial charge on any atom is 0.205 e. The van der Waals surface area contributed by atoms with E-state index in [-0.39, 0.29) is 5.60 Å². The van der Waals surface area contributed by atoms with Gasteiger partial charge in [0.05, 0.1) is 26.4 Å². The fourth-order valence-electron chi connectivity index (χ4n) is 3.26. The van der Waals surface area contributed by atoms with Crippen molar-refractivity contribution >= 4 is 16.7 Å². The van der Waals surface area contributed by atoms with E-state index in [4.69, 9.17) is 9.47 Å². The first-order chi connectivity index (χ1) is 11.6. The van der Waals surface area contributed by atoms with E-state index in [1.807, 2.05) is 0 Å². The van der Waals surface area contributed by atoms with Crippen LogP contribution in [0.15, 0.2) is 18.2 Å². The zero-order valence-electron chi connectivity index (χ0n) is 13.0. The predicted molar refractivity (Wildman–Crippen MR) is 86.2 cm³/mol. The molecule has 0 amide bonds. The van der Waals surface area contributed by atoms with Gasteiger partial charge in [-0.05, 0) is 25.0 Å². The summed E-state index contributed by atoms with van der Waals surface area (Å²) in [5, 5.41) is 0.739. The Hall–Kier alpha value is -1.64. The van der Waals surface area contributed by atoms with Gasteiger partial charge >= 0.3 is 0 Å². The maximum atomic E-state index is 13.4. The molecule has 8 heteroatoms. The number of aromatic nitrogens is 2. The quantitative estimate of drug-likeness (QED) is 0.831. The average Bonchev–Trinajstić information content (AvgIpc) is 3.05. The molecule has 24 heavy (non-hydrogen) atoms. The number of ether oxygens (including phenoxy) is 2. The maximum absolute atomic E-state index is 13.4. The van der Waals surface area contributed by atoms with Crippen LogP contribution >= 0.6 is 11.5 Å². The Labute approximate surface area is 142 Å². The van der Waals surface area contributed by atoms with Crippen LogP contribution in [0.5, 0.6) is 0 Å². The minimum absolute atomic E-state index is 0.284. The zero-order chi connectivity index (χ0) is 16.6. The van der Waals surface area contributed by atoms with Crippen molar-refractivity contribution in [1.29, 1.82) is 0 Å². The second-order valence-corrected chi connectivity index (χ2v) is 6.90. The Morgan fingerprint density at radius 3 is 2.75 bits per heavy atom. The molecule has 2 fully saturated rings. The van der Waals surface area contributed by atoms with Crippen molar-refractivity contribution < 1.29 is 18.3 Å². The molecule has 0 radical (unpaired) electrons. The molecule has 4 rings (SSSR count). The van der Waals surface area contributed by atoms with Crippen molar-refractivity contribution in [3.05, 3.63) is 29.8 Å². The molecule has 2 aliphatic rings. The minimum atomic E-state index is -0.633. The largest absolute Gasteiger partial charge is 0.376 e. The summed E-state index contributed by atoms with van der Waals surface area (Å²) in [5.74, 6) is -0.925. The summed E-state index contributed by atoms with van der Waals surface area (Å²) in [7, 11) is 0. The molecule has 0 N–H and O–H groups in total. The molecular weight excluding hydrogens is 336 g/mol.